The molecule has 1 aliphatic rings. The number of piperidine rings is 1. The van der Waals surface area contributed by atoms with Crippen molar-refractivity contribution in [3.05, 3.63) is 59.7 Å². The number of hydrogen-bond donors (Lipinski definition) is 1. The minimum absolute atomic E-state index is 0.174. The van der Waals surface area contributed by atoms with E-state index < -0.39 is 5.60 Å². The van der Waals surface area contributed by atoms with Gasteiger partial charge in [-0.05, 0) is 81.5 Å². The van der Waals surface area contributed by atoms with Crippen LogP contribution in [0, 0.1) is 11.3 Å². The van der Waals surface area contributed by atoms with Crippen LogP contribution in [0.3, 0.4) is 0 Å². The quantitative estimate of drug-likeness (QED) is 0.656. The zero-order valence-electron chi connectivity index (χ0n) is 19.1. The predicted octanol–water partition coefficient (Wildman–Crippen LogP) is 4.24. The fraction of sp³-hybridized carbons (Fsp3) is 0.500. The number of hydrogen-bond acceptors (Lipinski definition) is 5. The zero-order chi connectivity index (χ0) is 22.3. The van der Waals surface area contributed by atoms with Gasteiger partial charge in [-0.15, -0.1) is 0 Å². The van der Waals surface area contributed by atoms with E-state index in [1.165, 1.54) is 5.56 Å². The van der Waals surface area contributed by atoms with E-state index in [0.717, 1.165) is 63.3 Å². The van der Waals surface area contributed by atoms with Crippen molar-refractivity contribution in [3.8, 4) is 11.8 Å². The molecular weight excluding hydrogens is 386 g/mol. The second-order valence-electron chi connectivity index (χ2n) is 8.96. The molecule has 5 heteroatoms. The van der Waals surface area contributed by atoms with Crippen molar-refractivity contribution >= 4 is 5.69 Å². The second-order valence-corrected chi connectivity index (χ2v) is 8.96. The monoisotopic (exact) mass is 421 g/mol. The van der Waals surface area contributed by atoms with Gasteiger partial charge in [-0.3, -0.25) is 0 Å². The van der Waals surface area contributed by atoms with E-state index >= 15 is 0 Å². The number of aliphatic hydroxyl groups is 1. The molecule has 0 radical (unpaired) electrons. The Morgan fingerprint density at radius 3 is 2.32 bits per heavy atom. The Morgan fingerprint density at radius 2 is 1.74 bits per heavy atom. The first-order chi connectivity index (χ1) is 14.9. The Morgan fingerprint density at radius 1 is 1.10 bits per heavy atom. The summed E-state index contributed by atoms with van der Waals surface area (Å²) in [6.45, 7) is 7.73. The van der Waals surface area contributed by atoms with Crippen LogP contribution in [0.5, 0.6) is 5.75 Å². The molecule has 3 rings (SSSR count). The molecule has 0 saturated carbocycles. The third-order valence-electron chi connectivity index (χ3n) is 6.15. The van der Waals surface area contributed by atoms with E-state index in [1.54, 1.807) is 0 Å². The van der Waals surface area contributed by atoms with Crippen LogP contribution in [-0.4, -0.2) is 54.9 Å². The molecule has 0 amide bonds. The fourth-order valence-corrected chi connectivity index (χ4v) is 4.03. The maximum absolute atomic E-state index is 11.1. The van der Waals surface area contributed by atoms with Crippen molar-refractivity contribution in [1.82, 2.24) is 4.90 Å². The van der Waals surface area contributed by atoms with Crippen molar-refractivity contribution in [2.24, 2.45) is 0 Å². The SMILES string of the molecule is CC(C)Oc1ccc(N(C)CCC2(O)CCN(CCc3ccc(C#N)cc3)CC2)cc1. The summed E-state index contributed by atoms with van der Waals surface area (Å²) in [5, 5.41) is 20.0. The summed E-state index contributed by atoms with van der Waals surface area (Å²) in [6.07, 6.45) is 3.55. The summed E-state index contributed by atoms with van der Waals surface area (Å²) in [4.78, 5) is 4.64. The highest BCUT2D eigenvalue weighted by Gasteiger charge is 2.32. The maximum atomic E-state index is 11.1. The van der Waals surface area contributed by atoms with Crippen molar-refractivity contribution in [1.29, 1.82) is 5.26 Å². The third-order valence-corrected chi connectivity index (χ3v) is 6.15. The Balaban J connectivity index is 1.41. The van der Waals surface area contributed by atoms with Gasteiger partial charge in [-0.2, -0.15) is 5.26 Å². The molecule has 1 fully saturated rings. The van der Waals surface area contributed by atoms with Crippen LogP contribution in [-0.2, 0) is 6.42 Å². The minimum atomic E-state index is -0.583. The van der Waals surface area contributed by atoms with Gasteiger partial charge in [0.2, 0.25) is 0 Å². The van der Waals surface area contributed by atoms with Gasteiger partial charge in [0.15, 0.2) is 0 Å². The normalized spacial score (nSPS) is 16.1. The van der Waals surface area contributed by atoms with E-state index in [9.17, 15) is 5.11 Å². The van der Waals surface area contributed by atoms with E-state index in [0.29, 0.717) is 5.56 Å². The van der Waals surface area contributed by atoms with Crippen LogP contribution in [0.25, 0.3) is 0 Å². The Bertz CT molecular complexity index is 848. The lowest BCUT2D eigenvalue weighted by atomic mass is 9.88. The Kier molecular flexibility index (Phi) is 7.95. The van der Waals surface area contributed by atoms with Crippen LogP contribution in [0.15, 0.2) is 48.5 Å². The number of rotatable bonds is 9. The van der Waals surface area contributed by atoms with E-state index in [2.05, 4.69) is 35.0 Å². The fourth-order valence-electron chi connectivity index (χ4n) is 4.03. The molecule has 0 unspecified atom stereocenters. The van der Waals surface area contributed by atoms with Crippen LogP contribution in [0.2, 0.25) is 0 Å². The molecule has 0 aliphatic carbocycles. The van der Waals surface area contributed by atoms with Gasteiger partial charge in [-0.1, -0.05) is 12.1 Å². The summed E-state index contributed by atoms with van der Waals surface area (Å²) in [6, 6.07) is 18.2. The lowest BCUT2D eigenvalue weighted by Gasteiger charge is -2.39. The van der Waals surface area contributed by atoms with Crippen molar-refractivity contribution in [2.75, 3.05) is 38.1 Å². The highest BCUT2D eigenvalue weighted by Crippen LogP contribution is 2.27. The average Bonchev–Trinajstić information content (AvgIpc) is 2.78. The molecule has 2 aromatic rings. The largest absolute Gasteiger partial charge is 0.491 e. The number of ether oxygens (including phenoxy) is 1. The first-order valence-electron chi connectivity index (χ1n) is 11.3. The van der Waals surface area contributed by atoms with Gasteiger partial charge in [0, 0.05) is 38.9 Å². The molecule has 5 nitrogen and oxygen atoms in total. The second kappa shape index (κ2) is 10.7. The molecule has 1 N–H and O–H groups in total. The number of nitrogens with zero attached hydrogens (tertiary/aromatic N) is 3. The molecule has 166 valence electrons. The molecule has 0 aromatic heterocycles. The standard InChI is InChI=1S/C26H35N3O2/c1-21(2)31-25-10-8-24(9-11-25)28(3)17-13-26(30)14-18-29(19-15-26)16-12-22-4-6-23(20-27)7-5-22/h4-11,21,30H,12-19H2,1-3H3. The van der Waals surface area contributed by atoms with Gasteiger partial charge in [0.05, 0.1) is 23.3 Å². The smallest absolute Gasteiger partial charge is 0.119 e. The highest BCUT2D eigenvalue weighted by atomic mass is 16.5. The summed E-state index contributed by atoms with van der Waals surface area (Å²) >= 11 is 0. The number of nitriles is 1. The molecule has 1 aliphatic heterocycles. The summed E-state index contributed by atoms with van der Waals surface area (Å²) in [7, 11) is 2.08. The molecule has 0 spiro atoms. The first-order valence-corrected chi connectivity index (χ1v) is 11.3. The van der Waals surface area contributed by atoms with Gasteiger partial charge < -0.3 is 19.6 Å². The van der Waals surface area contributed by atoms with E-state index in [-0.39, 0.29) is 6.10 Å². The Labute approximate surface area is 186 Å². The zero-order valence-corrected chi connectivity index (χ0v) is 19.1. The third kappa shape index (κ3) is 6.99. The van der Waals surface area contributed by atoms with Gasteiger partial charge in [0.1, 0.15) is 5.75 Å². The molecular formula is C26H35N3O2. The van der Waals surface area contributed by atoms with Crippen LogP contribution in [0.1, 0.15) is 44.2 Å². The molecule has 1 saturated heterocycles. The number of anilines is 1. The summed E-state index contributed by atoms with van der Waals surface area (Å²) in [5.74, 6) is 0.888. The van der Waals surface area contributed by atoms with Gasteiger partial charge in [-0.25, -0.2) is 0 Å². The summed E-state index contributed by atoms with van der Waals surface area (Å²) in [5.41, 5.74) is 2.52. The average molecular weight is 422 g/mol. The predicted molar refractivity (Wildman–Crippen MR) is 126 cm³/mol. The lowest BCUT2D eigenvalue weighted by molar-refractivity contribution is -0.0254. The van der Waals surface area contributed by atoms with Gasteiger partial charge in [0.25, 0.3) is 0 Å². The minimum Gasteiger partial charge on any atom is -0.491 e. The maximum Gasteiger partial charge on any atom is 0.119 e. The van der Waals surface area contributed by atoms with Crippen molar-refractivity contribution in [3.63, 3.8) is 0 Å². The van der Waals surface area contributed by atoms with Crippen molar-refractivity contribution < 1.29 is 9.84 Å². The van der Waals surface area contributed by atoms with Crippen LogP contribution < -0.4 is 9.64 Å². The number of likely N-dealkylation sites (tertiary alicyclic amines) is 1. The first kappa shape index (κ1) is 23.1. The molecule has 1 heterocycles. The van der Waals surface area contributed by atoms with Gasteiger partial charge >= 0.3 is 0 Å². The molecule has 2 aromatic carbocycles. The number of benzene rings is 2. The highest BCUT2D eigenvalue weighted by molar-refractivity contribution is 5.48. The van der Waals surface area contributed by atoms with Crippen LogP contribution >= 0.6 is 0 Å². The van der Waals surface area contributed by atoms with Crippen LogP contribution in [0.4, 0.5) is 5.69 Å². The molecule has 31 heavy (non-hydrogen) atoms. The topological polar surface area (TPSA) is 59.7 Å². The van der Waals surface area contributed by atoms with Crippen molar-refractivity contribution in [2.45, 2.75) is 51.2 Å². The summed E-state index contributed by atoms with van der Waals surface area (Å²) < 4.78 is 5.71. The molecule has 0 atom stereocenters. The Hall–Kier alpha value is -2.55. The van der Waals surface area contributed by atoms with E-state index in [1.807, 2.05) is 50.2 Å². The molecule has 0 bridgehead atoms. The lowest BCUT2D eigenvalue weighted by Crippen LogP contribution is -2.46. The van der Waals surface area contributed by atoms with E-state index in [4.69, 9.17) is 10.00 Å².